The molecule has 6 nitrogen and oxygen atoms in total. The molecule has 0 atom stereocenters. The number of anilines is 1. The number of nitrogens with zero attached hydrogens (tertiary/aromatic N) is 2. The van der Waals surface area contributed by atoms with Crippen molar-refractivity contribution in [3.63, 3.8) is 0 Å². The third-order valence-corrected chi connectivity index (χ3v) is 2.88. The highest BCUT2D eigenvalue weighted by atomic mass is 32.1. The van der Waals surface area contributed by atoms with Gasteiger partial charge in [0.1, 0.15) is 34.6 Å². The minimum absolute atomic E-state index is 0.263. The Labute approximate surface area is 108 Å². The smallest absolute Gasteiger partial charge is 0.136 e. The van der Waals surface area contributed by atoms with Crippen LogP contribution in [0.5, 0.6) is 17.2 Å². The van der Waals surface area contributed by atoms with Crippen molar-refractivity contribution in [2.45, 2.75) is 6.61 Å². The predicted octanol–water partition coefficient (Wildman–Crippen LogP) is 1.72. The van der Waals surface area contributed by atoms with E-state index in [0.717, 1.165) is 11.5 Å². The lowest BCUT2D eigenvalue weighted by Gasteiger charge is -2.09. The van der Waals surface area contributed by atoms with Gasteiger partial charge < -0.3 is 19.9 Å². The highest BCUT2D eigenvalue weighted by molar-refractivity contribution is 7.09. The zero-order chi connectivity index (χ0) is 13.0. The first-order valence-electron chi connectivity index (χ1n) is 5.15. The molecule has 0 saturated heterocycles. The van der Waals surface area contributed by atoms with Crippen molar-refractivity contribution in [2.75, 3.05) is 20.0 Å². The average Bonchev–Trinajstić information content (AvgIpc) is 2.81. The monoisotopic (exact) mass is 267 g/mol. The molecule has 0 aliphatic rings. The van der Waals surface area contributed by atoms with Crippen molar-refractivity contribution in [1.82, 2.24) is 9.59 Å². The quantitative estimate of drug-likeness (QED) is 0.888. The van der Waals surface area contributed by atoms with Crippen LogP contribution in [0, 0.1) is 0 Å². The second kappa shape index (κ2) is 5.54. The zero-order valence-corrected chi connectivity index (χ0v) is 10.9. The van der Waals surface area contributed by atoms with E-state index in [-0.39, 0.29) is 6.61 Å². The topological polar surface area (TPSA) is 79.5 Å². The van der Waals surface area contributed by atoms with Gasteiger partial charge >= 0.3 is 0 Å². The molecule has 2 N–H and O–H groups in total. The molecule has 0 radical (unpaired) electrons. The van der Waals surface area contributed by atoms with Crippen LogP contribution >= 0.6 is 11.5 Å². The van der Waals surface area contributed by atoms with Crippen LogP contribution < -0.4 is 19.9 Å². The maximum absolute atomic E-state index is 5.68. The normalized spacial score (nSPS) is 10.1. The van der Waals surface area contributed by atoms with E-state index < -0.39 is 0 Å². The van der Waals surface area contributed by atoms with E-state index in [1.807, 2.05) is 0 Å². The van der Waals surface area contributed by atoms with E-state index in [1.54, 1.807) is 32.4 Å². The maximum atomic E-state index is 5.68. The molecule has 7 heteroatoms. The zero-order valence-electron chi connectivity index (χ0n) is 10.0. The summed E-state index contributed by atoms with van der Waals surface area (Å²) in [5.41, 5.74) is 6.31. The van der Waals surface area contributed by atoms with Crippen molar-refractivity contribution < 1.29 is 14.2 Å². The second-order valence-corrected chi connectivity index (χ2v) is 4.21. The van der Waals surface area contributed by atoms with Gasteiger partial charge in [-0.25, -0.2) is 0 Å². The molecule has 0 aliphatic heterocycles. The Morgan fingerprint density at radius 1 is 1.11 bits per heavy atom. The Morgan fingerprint density at radius 3 is 2.22 bits per heavy atom. The number of methoxy groups -OCH3 is 2. The molecule has 96 valence electrons. The second-order valence-electron chi connectivity index (χ2n) is 3.42. The van der Waals surface area contributed by atoms with Gasteiger partial charge in [0.2, 0.25) is 0 Å². The summed E-state index contributed by atoms with van der Waals surface area (Å²) in [7, 11) is 3.17. The lowest BCUT2D eigenvalue weighted by molar-refractivity contribution is 0.296. The fourth-order valence-electron chi connectivity index (χ4n) is 1.33. The first-order valence-corrected chi connectivity index (χ1v) is 5.93. The number of nitrogens with two attached hydrogens (primary N) is 1. The lowest BCUT2D eigenvalue weighted by Crippen LogP contribution is -1.99. The Bertz CT molecular complexity index is 508. The Balaban J connectivity index is 2.11. The molecular weight excluding hydrogens is 254 g/mol. The van der Waals surface area contributed by atoms with Gasteiger partial charge in [0.25, 0.3) is 0 Å². The molecule has 1 heterocycles. The van der Waals surface area contributed by atoms with Crippen LogP contribution in [0.4, 0.5) is 5.00 Å². The van der Waals surface area contributed by atoms with Gasteiger partial charge in [0.15, 0.2) is 0 Å². The number of rotatable bonds is 5. The van der Waals surface area contributed by atoms with Crippen molar-refractivity contribution in [3.05, 3.63) is 23.9 Å². The number of aromatic nitrogens is 2. The van der Waals surface area contributed by atoms with Crippen molar-refractivity contribution >= 4 is 16.5 Å². The van der Waals surface area contributed by atoms with Gasteiger partial charge in [-0.3, -0.25) is 0 Å². The molecule has 0 fully saturated rings. The lowest BCUT2D eigenvalue weighted by atomic mass is 10.3. The largest absolute Gasteiger partial charge is 0.496 e. The molecule has 1 aromatic heterocycles. The Morgan fingerprint density at radius 2 is 1.72 bits per heavy atom. The van der Waals surface area contributed by atoms with Crippen LogP contribution in [0.1, 0.15) is 5.69 Å². The van der Waals surface area contributed by atoms with Gasteiger partial charge in [-0.05, 0) is 0 Å². The van der Waals surface area contributed by atoms with E-state index in [9.17, 15) is 0 Å². The average molecular weight is 267 g/mol. The van der Waals surface area contributed by atoms with Gasteiger partial charge in [0.05, 0.1) is 14.2 Å². The van der Waals surface area contributed by atoms with Crippen molar-refractivity contribution in [3.8, 4) is 17.2 Å². The first-order chi connectivity index (χ1) is 8.72. The summed E-state index contributed by atoms with van der Waals surface area (Å²) in [6.07, 6.45) is 0. The Kier molecular flexibility index (Phi) is 3.83. The predicted molar refractivity (Wildman–Crippen MR) is 68.2 cm³/mol. The summed E-state index contributed by atoms with van der Waals surface area (Å²) in [5, 5.41) is 4.43. The summed E-state index contributed by atoms with van der Waals surface area (Å²) < 4.78 is 19.6. The number of nitrogen functional groups attached to an aromatic ring is 1. The van der Waals surface area contributed by atoms with Crippen LogP contribution in [0.15, 0.2) is 18.2 Å². The summed E-state index contributed by atoms with van der Waals surface area (Å²) >= 11 is 1.14. The molecule has 0 aliphatic carbocycles. The van der Waals surface area contributed by atoms with Crippen LogP contribution in [0.3, 0.4) is 0 Å². The molecule has 0 bridgehead atoms. The highest BCUT2D eigenvalue weighted by Gasteiger charge is 2.07. The summed E-state index contributed by atoms with van der Waals surface area (Å²) in [4.78, 5) is 0. The fourth-order valence-corrected chi connectivity index (χ4v) is 1.76. The summed E-state index contributed by atoms with van der Waals surface area (Å²) in [5.74, 6) is 1.95. The summed E-state index contributed by atoms with van der Waals surface area (Å²) in [6, 6.07) is 5.29. The van der Waals surface area contributed by atoms with Crippen molar-refractivity contribution in [2.24, 2.45) is 0 Å². The standard InChI is InChI=1S/C11H13N3O3S/c1-15-7-3-8(16-2)5-9(4-7)17-6-10-11(12)18-14-13-10/h3-5H,6,12H2,1-2H3. The van der Waals surface area contributed by atoms with Gasteiger partial charge in [-0.15, -0.1) is 5.10 Å². The molecule has 0 saturated carbocycles. The minimum atomic E-state index is 0.263. The number of ether oxygens (including phenoxy) is 3. The third-order valence-electron chi connectivity index (χ3n) is 2.29. The fraction of sp³-hybridized carbons (Fsp3) is 0.273. The first kappa shape index (κ1) is 12.4. The molecule has 1 aromatic carbocycles. The van der Waals surface area contributed by atoms with Gasteiger partial charge in [-0.1, -0.05) is 4.49 Å². The van der Waals surface area contributed by atoms with E-state index in [2.05, 4.69) is 9.59 Å². The molecular formula is C11H13N3O3S. The van der Waals surface area contributed by atoms with Crippen LogP contribution in [-0.4, -0.2) is 23.8 Å². The highest BCUT2D eigenvalue weighted by Crippen LogP contribution is 2.28. The number of hydrogen-bond donors (Lipinski definition) is 1. The number of hydrogen-bond acceptors (Lipinski definition) is 7. The SMILES string of the molecule is COc1cc(OC)cc(OCc2nnsc2N)c1. The van der Waals surface area contributed by atoms with Crippen LogP contribution in [0.25, 0.3) is 0 Å². The number of benzene rings is 1. The Hall–Kier alpha value is -2.02. The van der Waals surface area contributed by atoms with E-state index in [0.29, 0.717) is 27.9 Å². The van der Waals surface area contributed by atoms with E-state index in [4.69, 9.17) is 19.9 Å². The molecule has 2 aromatic rings. The molecule has 0 spiro atoms. The van der Waals surface area contributed by atoms with Gasteiger partial charge in [-0.2, -0.15) is 0 Å². The van der Waals surface area contributed by atoms with Gasteiger partial charge in [0, 0.05) is 29.7 Å². The molecule has 2 rings (SSSR count). The summed E-state index contributed by atoms with van der Waals surface area (Å²) in [6.45, 7) is 0.263. The molecule has 0 unspecified atom stereocenters. The maximum Gasteiger partial charge on any atom is 0.136 e. The molecule has 0 amide bonds. The minimum Gasteiger partial charge on any atom is -0.496 e. The van der Waals surface area contributed by atoms with E-state index in [1.165, 1.54) is 0 Å². The van der Waals surface area contributed by atoms with Crippen molar-refractivity contribution in [1.29, 1.82) is 0 Å². The van der Waals surface area contributed by atoms with E-state index >= 15 is 0 Å². The van der Waals surface area contributed by atoms with Crippen LogP contribution in [0.2, 0.25) is 0 Å². The molecule has 18 heavy (non-hydrogen) atoms. The third kappa shape index (κ3) is 2.80. The van der Waals surface area contributed by atoms with Crippen LogP contribution in [-0.2, 0) is 6.61 Å².